The molecule has 1 saturated heterocycles. The molecular weight excluding hydrogens is 188 g/mol. The molecule has 0 amide bonds. The summed E-state index contributed by atoms with van der Waals surface area (Å²) in [5.41, 5.74) is 0. The molecule has 1 rings (SSSR count). The van der Waals surface area contributed by atoms with Crippen molar-refractivity contribution in [1.29, 1.82) is 0 Å². The molecule has 3 atom stereocenters. The largest absolute Gasteiger partial charge is 0.392 e. The molecule has 0 spiro atoms. The fourth-order valence-electron chi connectivity index (χ4n) is 2.02. The molecule has 1 heterocycles. The molecule has 2 N–H and O–H groups in total. The molecule has 3 unspecified atom stereocenters. The van der Waals surface area contributed by atoms with E-state index >= 15 is 0 Å². The summed E-state index contributed by atoms with van der Waals surface area (Å²) in [5, 5.41) is 12.8. The molecule has 1 aliphatic heterocycles. The first-order chi connectivity index (χ1) is 7.00. The van der Waals surface area contributed by atoms with Gasteiger partial charge in [-0.1, -0.05) is 0 Å². The molecule has 0 radical (unpaired) electrons. The lowest BCUT2D eigenvalue weighted by Gasteiger charge is -2.22. The van der Waals surface area contributed by atoms with E-state index in [1.165, 1.54) is 19.5 Å². The number of rotatable bonds is 5. The summed E-state index contributed by atoms with van der Waals surface area (Å²) in [5.74, 6) is 0.758. The highest BCUT2D eigenvalue weighted by atomic mass is 16.3. The van der Waals surface area contributed by atoms with Crippen molar-refractivity contribution in [2.75, 3.05) is 19.6 Å². The second kappa shape index (κ2) is 5.83. The van der Waals surface area contributed by atoms with Crippen LogP contribution in [0.1, 0.15) is 34.1 Å². The molecule has 1 aliphatic rings. The van der Waals surface area contributed by atoms with E-state index in [1.54, 1.807) is 0 Å². The lowest BCUT2D eigenvalue weighted by Crippen LogP contribution is -2.39. The number of likely N-dealkylation sites (tertiary alicyclic amines) is 1. The van der Waals surface area contributed by atoms with Gasteiger partial charge in [-0.05, 0) is 53.1 Å². The molecule has 3 nitrogen and oxygen atoms in total. The van der Waals surface area contributed by atoms with Crippen molar-refractivity contribution in [2.45, 2.75) is 52.3 Å². The first-order valence-electron chi connectivity index (χ1n) is 6.16. The van der Waals surface area contributed by atoms with Crippen molar-refractivity contribution in [2.24, 2.45) is 5.92 Å². The third-order valence-corrected chi connectivity index (χ3v) is 3.50. The van der Waals surface area contributed by atoms with Crippen LogP contribution in [-0.4, -0.2) is 47.8 Å². The van der Waals surface area contributed by atoms with Crippen LogP contribution >= 0.6 is 0 Å². The third kappa shape index (κ3) is 4.09. The van der Waals surface area contributed by atoms with Crippen LogP contribution in [-0.2, 0) is 0 Å². The molecule has 0 aromatic heterocycles. The summed E-state index contributed by atoms with van der Waals surface area (Å²) in [6.07, 6.45) is 1.03. The normalized spacial score (nSPS) is 27.2. The summed E-state index contributed by atoms with van der Waals surface area (Å²) in [7, 11) is 0. The molecule has 0 aromatic rings. The highest BCUT2D eigenvalue weighted by molar-refractivity contribution is 4.80. The smallest absolute Gasteiger partial charge is 0.0662 e. The second-order valence-electron chi connectivity index (χ2n) is 5.18. The van der Waals surface area contributed by atoms with Crippen molar-refractivity contribution in [1.82, 2.24) is 10.2 Å². The van der Waals surface area contributed by atoms with Crippen LogP contribution in [0.5, 0.6) is 0 Å². The van der Waals surface area contributed by atoms with Crippen molar-refractivity contribution < 1.29 is 5.11 Å². The summed E-state index contributed by atoms with van der Waals surface area (Å²) in [6, 6.07) is 0.877. The van der Waals surface area contributed by atoms with Crippen LogP contribution in [0.3, 0.4) is 0 Å². The lowest BCUT2D eigenvalue weighted by molar-refractivity contribution is 0.149. The Kier molecular flexibility index (Phi) is 5.03. The van der Waals surface area contributed by atoms with E-state index in [1.807, 2.05) is 13.8 Å². The average molecular weight is 214 g/mol. The topological polar surface area (TPSA) is 35.5 Å². The zero-order chi connectivity index (χ0) is 11.4. The predicted molar refractivity (Wildman–Crippen MR) is 64.0 cm³/mol. The SMILES string of the molecule is CC(O)C(C)NCC1CCN(C(C)C)C1. The zero-order valence-electron chi connectivity index (χ0n) is 10.5. The molecular formula is C12H26N2O. The van der Waals surface area contributed by atoms with Gasteiger partial charge in [-0.2, -0.15) is 0 Å². The fraction of sp³-hybridized carbons (Fsp3) is 1.00. The molecule has 0 bridgehead atoms. The zero-order valence-corrected chi connectivity index (χ0v) is 10.5. The first kappa shape index (κ1) is 12.9. The summed E-state index contributed by atoms with van der Waals surface area (Å²) >= 11 is 0. The molecule has 0 aromatic carbocycles. The quantitative estimate of drug-likeness (QED) is 0.719. The van der Waals surface area contributed by atoms with Crippen LogP contribution in [0.4, 0.5) is 0 Å². The Labute approximate surface area is 93.9 Å². The minimum atomic E-state index is -0.257. The van der Waals surface area contributed by atoms with Crippen LogP contribution in [0.2, 0.25) is 0 Å². The standard InChI is InChI=1S/C12H26N2O/c1-9(2)14-6-5-12(8-14)7-13-10(3)11(4)15/h9-13,15H,5-8H2,1-4H3. The van der Waals surface area contributed by atoms with E-state index in [0.717, 1.165) is 12.5 Å². The number of aliphatic hydroxyl groups is 1. The molecule has 1 fully saturated rings. The first-order valence-corrected chi connectivity index (χ1v) is 6.16. The van der Waals surface area contributed by atoms with Gasteiger partial charge in [0.15, 0.2) is 0 Å². The van der Waals surface area contributed by atoms with Gasteiger partial charge in [0.05, 0.1) is 6.10 Å². The molecule has 90 valence electrons. The van der Waals surface area contributed by atoms with Gasteiger partial charge in [0.25, 0.3) is 0 Å². The minimum absolute atomic E-state index is 0.207. The van der Waals surface area contributed by atoms with Crippen LogP contribution in [0.25, 0.3) is 0 Å². The molecule has 0 saturated carbocycles. The van der Waals surface area contributed by atoms with Crippen molar-refractivity contribution in [3.8, 4) is 0 Å². The molecule has 3 heteroatoms. The van der Waals surface area contributed by atoms with Crippen LogP contribution < -0.4 is 5.32 Å². The van der Waals surface area contributed by atoms with E-state index in [9.17, 15) is 5.11 Å². The summed E-state index contributed by atoms with van der Waals surface area (Å²) in [4.78, 5) is 2.53. The molecule has 0 aliphatic carbocycles. The highest BCUT2D eigenvalue weighted by Gasteiger charge is 2.24. The van der Waals surface area contributed by atoms with Gasteiger partial charge >= 0.3 is 0 Å². The number of aliphatic hydroxyl groups excluding tert-OH is 1. The second-order valence-corrected chi connectivity index (χ2v) is 5.18. The van der Waals surface area contributed by atoms with Crippen molar-refractivity contribution in [3.05, 3.63) is 0 Å². The number of nitrogens with one attached hydrogen (secondary N) is 1. The summed E-state index contributed by atoms with van der Waals surface area (Å²) in [6.45, 7) is 11.9. The van der Waals surface area contributed by atoms with E-state index in [4.69, 9.17) is 0 Å². The van der Waals surface area contributed by atoms with Gasteiger partial charge < -0.3 is 15.3 Å². The Hall–Kier alpha value is -0.120. The van der Waals surface area contributed by atoms with E-state index in [0.29, 0.717) is 6.04 Å². The van der Waals surface area contributed by atoms with E-state index < -0.39 is 0 Å². The van der Waals surface area contributed by atoms with Crippen LogP contribution in [0, 0.1) is 5.92 Å². The summed E-state index contributed by atoms with van der Waals surface area (Å²) < 4.78 is 0. The van der Waals surface area contributed by atoms with Crippen molar-refractivity contribution in [3.63, 3.8) is 0 Å². The Morgan fingerprint density at radius 1 is 1.33 bits per heavy atom. The van der Waals surface area contributed by atoms with E-state index in [2.05, 4.69) is 24.1 Å². The Morgan fingerprint density at radius 3 is 2.47 bits per heavy atom. The maximum atomic E-state index is 9.36. The minimum Gasteiger partial charge on any atom is -0.392 e. The Balaban J connectivity index is 2.19. The van der Waals surface area contributed by atoms with Gasteiger partial charge in [-0.25, -0.2) is 0 Å². The predicted octanol–water partition coefficient (Wildman–Crippen LogP) is 1.08. The number of hydrogen-bond acceptors (Lipinski definition) is 3. The van der Waals surface area contributed by atoms with Gasteiger partial charge in [-0.15, -0.1) is 0 Å². The average Bonchev–Trinajstić information content (AvgIpc) is 2.62. The number of hydrogen-bond donors (Lipinski definition) is 2. The Bertz CT molecular complexity index is 182. The monoisotopic (exact) mass is 214 g/mol. The lowest BCUT2D eigenvalue weighted by atomic mass is 10.1. The van der Waals surface area contributed by atoms with Crippen LogP contribution in [0.15, 0.2) is 0 Å². The van der Waals surface area contributed by atoms with Gasteiger partial charge in [0.1, 0.15) is 0 Å². The van der Waals surface area contributed by atoms with Gasteiger partial charge in [0, 0.05) is 18.6 Å². The molecule has 15 heavy (non-hydrogen) atoms. The van der Waals surface area contributed by atoms with Crippen molar-refractivity contribution >= 4 is 0 Å². The third-order valence-electron chi connectivity index (χ3n) is 3.50. The fourth-order valence-corrected chi connectivity index (χ4v) is 2.02. The van der Waals surface area contributed by atoms with Gasteiger partial charge in [-0.3, -0.25) is 0 Å². The number of nitrogens with zero attached hydrogens (tertiary/aromatic N) is 1. The Morgan fingerprint density at radius 2 is 2.00 bits per heavy atom. The maximum absolute atomic E-state index is 9.36. The highest BCUT2D eigenvalue weighted by Crippen LogP contribution is 2.17. The van der Waals surface area contributed by atoms with E-state index in [-0.39, 0.29) is 12.1 Å². The van der Waals surface area contributed by atoms with Gasteiger partial charge in [0.2, 0.25) is 0 Å². The maximum Gasteiger partial charge on any atom is 0.0662 e.